The minimum atomic E-state index is -0.244. The Balaban J connectivity index is 1.61. The van der Waals surface area contributed by atoms with E-state index in [0.29, 0.717) is 16.5 Å². The molecule has 0 radical (unpaired) electrons. The minimum absolute atomic E-state index is 0.244. The Morgan fingerprint density at radius 3 is 2.54 bits per heavy atom. The molecule has 0 unspecified atom stereocenters. The van der Waals surface area contributed by atoms with E-state index in [2.05, 4.69) is 35.6 Å². The number of aryl methyl sites for hydroxylation is 1. The minimum Gasteiger partial charge on any atom is -0.496 e. The van der Waals surface area contributed by atoms with Gasteiger partial charge in [-0.2, -0.15) is 0 Å². The zero-order valence-electron chi connectivity index (χ0n) is 19.7. The largest absolute Gasteiger partial charge is 0.496 e. The Labute approximate surface area is 208 Å². The number of carbonyl (C=O) groups excluding carboxylic acids is 1. The first-order valence-corrected chi connectivity index (χ1v) is 11.7. The van der Waals surface area contributed by atoms with Gasteiger partial charge in [0.25, 0.3) is 0 Å². The molecule has 0 bridgehead atoms. The lowest BCUT2D eigenvalue weighted by Crippen LogP contribution is -2.08. The van der Waals surface area contributed by atoms with Crippen molar-refractivity contribution in [2.24, 2.45) is 0 Å². The molecule has 0 saturated carbocycles. The van der Waals surface area contributed by atoms with E-state index in [9.17, 15) is 4.79 Å². The topological polar surface area (TPSA) is 51.5 Å². The maximum absolute atomic E-state index is 12.8. The van der Waals surface area contributed by atoms with Crippen LogP contribution in [0.3, 0.4) is 0 Å². The molecule has 0 spiro atoms. The van der Waals surface area contributed by atoms with Crippen LogP contribution in [-0.4, -0.2) is 13.0 Å². The highest BCUT2D eigenvalue weighted by Gasteiger charge is 2.19. The lowest BCUT2D eigenvalue weighted by atomic mass is 9.94. The third kappa shape index (κ3) is 4.29. The molecule has 0 aliphatic rings. The van der Waals surface area contributed by atoms with E-state index in [1.807, 2.05) is 32.0 Å². The molecule has 1 heterocycles. The van der Waals surface area contributed by atoms with Crippen LogP contribution in [0.15, 0.2) is 89.6 Å². The lowest BCUT2D eigenvalue weighted by molar-refractivity contribution is -0.111. The van der Waals surface area contributed by atoms with Gasteiger partial charge in [0, 0.05) is 38.9 Å². The summed E-state index contributed by atoms with van der Waals surface area (Å²) in [6.07, 6.45) is 3.37. The van der Waals surface area contributed by atoms with Crippen LogP contribution in [0.1, 0.15) is 18.1 Å². The van der Waals surface area contributed by atoms with Crippen molar-refractivity contribution in [1.29, 1.82) is 0 Å². The Kier molecular flexibility index (Phi) is 6.06. The monoisotopic (exact) mass is 481 g/mol. The second-order valence-electron chi connectivity index (χ2n) is 8.46. The molecule has 1 amide bonds. The smallest absolute Gasteiger partial charge is 0.248 e. The first-order chi connectivity index (χ1) is 17.0. The van der Waals surface area contributed by atoms with E-state index in [-0.39, 0.29) is 5.91 Å². The van der Waals surface area contributed by atoms with E-state index >= 15 is 0 Å². The zero-order valence-corrected chi connectivity index (χ0v) is 20.4. The number of ether oxygens (including phenoxy) is 1. The van der Waals surface area contributed by atoms with Crippen molar-refractivity contribution < 1.29 is 13.9 Å². The van der Waals surface area contributed by atoms with Crippen molar-refractivity contribution in [2.75, 3.05) is 12.4 Å². The van der Waals surface area contributed by atoms with Crippen molar-refractivity contribution in [3.63, 3.8) is 0 Å². The average Bonchev–Trinajstić information content (AvgIpc) is 3.27. The van der Waals surface area contributed by atoms with Gasteiger partial charge in [0.1, 0.15) is 11.3 Å². The number of carbonyl (C=O) groups is 1. The molecule has 174 valence electrons. The molecule has 4 nitrogen and oxygen atoms in total. The lowest BCUT2D eigenvalue weighted by Gasteiger charge is -2.14. The maximum atomic E-state index is 12.8. The highest BCUT2D eigenvalue weighted by Crippen LogP contribution is 2.42. The van der Waals surface area contributed by atoms with E-state index in [4.69, 9.17) is 20.8 Å². The summed E-state index contributed by atoms with van der Waals surface area (Å²) in [6, 6.07) is 23.7. The molecule has 0 aliphatic carbocycles. The van der Waals surface area contributed by atoms with Crippen LogP contribution in [0.5, 0.6) is 5.75 Å². The summed E-state index contributed by atoms with van der Waals surface area (Å²) in [5.74, 6) is 0.437. The van der Waals surface area contributed by atoms with Gasteiger partial charge in [0.2, 0.25) is 5.91 Å². The predicted octanol–water partition coefficient (Wildman–Crippen LogP) is 8.27. The molecule has 0 saturated heterocycles. The number of nitrogens with one attached hydrogen (secondary N) is 1. The van der Waals surface area contributed by atoms with Gasteiger partial charge in [0.05, 0.1) is 13.4 Å². The second-order valence-corrected chi connectivity index (χ2v) is 8.90. The maximum Gasteiger partial charge on any atom is 0.248 e. The Morgan fingerprint density at radius 2 is 1.74 bits per heavy atom. The molecular formula is C30H24ClNO3. The molecule has 35 heavy (non-hydrogen) atoms. The molecule has 4 aromatic carbocycles. The fourth-order valence-electron chi connectivity index (χ4n) is 4.56. The number of fused-ring (bicyclic) bond motifs is 2. The number of anilines is 1. The number of methoxy groups -OCH3 is 1. The van der Waals surface area contributed by atoms with Gasteiger partial charge in [-0.1, -0.05) is 60.1 Å². The molecule has 5 rings (SSSR count). The Morgan fingerprint density at radius 1 is 0.971 bits per heavy atom. The summed E-state index contributed by atoms with van der Waals surface area (Å²) in [7, 11) is 1.63. The number of hydrogen-bond donors (Lipinski definition) is 1. The SMILES string of the molecule is COc1c(/C(C)=C/C(=O)Nc2cccc(Cl)c2)cc2c(-c3cccc4ccccc34)coc2c1C. The van der Waals surface area contributed by atoms with Crippen molar-refractivity contribution in [3.8, 4) is 16.9 Å². The fraction of sp³-hybridized carbons (Fsp3) is 0.100. The predicted molar refractivity (Wildman–Crippen MR) is 144 cm³/mol. The Bertz CT molecular complexity index is 1610. The van der Waals surface area contributed by atoms with Crippen molar-refractivity contribution in [3.05, 3.63) is 101 Å². The van der Waals surface area contributed by atoms with Crippen molar-refractivity contribution in [2.45, 2.75) is 13.8 Å². The number of furan rings is 1. The zero-order chi connectivity index (χ0) is 24.5. The highest BCUT2D eigenvalue weighted by atomic mass is 35.5. The number of hydrogen-bond acceptors (Lipinski definition) is 3. The van der Waals surface area contributed by atoms with E-state index in [0.717, 1.165) is 44.2 Å². The van der Waals surface area contributed by atoms with Crippen LogP contribution < -0.4 is 10.1 Å². The van der Waals surface area contributed by atoms with E-state index in [1.165, 1.54) is 5.39 Å². The third-order valence-corrected chi connectivity index (χ3v) is 6.43. The van der Waals surface area contributed by atoms with Crippen LogP contribution in [-0.2, 0) is 4.79 Å². The molecular weight excluding hydrogens is 458 g/mol. The van der Waals surface area contributed by atoms with Crippen LogP contribution >= 0.6 is 11.6 Å². The van der Waals surface area contributed by atoms with Gasteiger partial charge < -0.3 is 14.5 Å². The molecule has 1 aromatic heterocycles. The first-order valence-electron chi connectivity index (χ1n) is 11.3. The molecule has 1 N–H and O–H groups in total. The van der Waals surface area contributed by atoms with Gasteiger partial charge in [-0.3, -0.25) is 4.79 Å². The van der Waals surface area contributed by atoms with Crippen molar-refractivity contribution >= 4 is 50.5 Å². The van der Waals surface area contributed by atoms with Gasteiger partial charge in [0.15, 0.2) is 0 Å². The number of allylic oxidation sites excluding steroid dienone is 1. The van der Waals surface area contributed by atoms with E-state index in [1.54, 1.807) is 43.7 Å². The number of rotatable bonds is 5. The van der Waals surface area contributed by atoms with Crippen LogP contribution in [0.2, 0.25) is 5.02 Å². The van der Waals surface area contributed by atoms with Crippen LogP contribution in [0.4, 0.5) is 5.69 Å². The van der Waals surface area contributed by atoms with Crippen molar-refractivity contribution in [1.82, 2.24) is 0 Å². The summed E-state index contributed by atoms with van der Waals surface area (Å²) >= 11 is 6.04. The van der Waals surface area contributed by atoms with Gasteiger partial charge in [-0.25, -0.2) is 0 Å². The summed E-state index contributed by atoms with van der Waals surface area (Å²) in [5.41, 5.74) is 5.99. The summed E-state index contributed by atoms with van der Waals surface area (Å²) in [4.78, 5) is 12.8. The highest BCUT2D eigenvalue weighted by molar-refractivity contribution is 6.31. The quantitative estimate of drug-likeness (QED) is 0.257. The second kappa shape index (κ2) is 9.32. The van der Waals surface area contributed by atoms with Gasteiger partial charge >= 0.3 is 0 Å². The van der Waals surface area contributed by atoms with Gasteiger partial charge in [-0.05, 0) is 60.0 Å². The standard InChI is InChI=1S/C30H24ClNO3/c1-18(14-28(33)32-22-11-7-10-21(31)15-22)25-16-26-27(17-35-30(26)19(2)29(25)34-3)24-13-6-9-20-8-4-5-12-23(20)24/h4-17H,1-3H3,(H,32,33)/b18-14+. The summed E-state index contributed by atoms with van der Waals surface area (Å²) < 4.78 is 11.8. The first kappa shape index (κ1) is 22.8. The molecule has 0 fully saturated rings. The molecule has 5 aromatic rings. The molecule has 5 heteroatoms. The summed E-state index contributed by atoms with van der Waals surface area (Å²) in [6.45, 7) is 3.87. The number of amides is 1. The number of halogens is 1. The van der Waals surface area contributed by atoms with Gasteiger partial charge in [-0.15, -0.1) is 0 Å². The Hall–Kier alpha value is -4.02. The summed E-state index contributed by atoms with van der Waals surface area (Å²) in [5, 5.41) is 6.72. The van der Waals surface area contributed by atoms with Crippen LogP contribution in [0.25, 0.3) is 38.4 Å². The molecule has 0 aliphatic heterocycles. The fourth-order valence-corrected chi connectivity index (χ4v) is 4.75. The number of benzene rings is 4. The average molecular weight is 482 g/mol. The normalized spacial score (nSPS) is 11.7. The molecule has 0 atom stereocenters. The third-order valence-electron chi connectivity index (χ3n) is 6.19. The van der Waals surface area contributed by atoms with Crippen LogP contribution in [0, 0.1) is 6.92 Å². The van der Waals surface area contributed by atoms with E-state index < -0.39 is 0 Å².